The molecule has 3 N–H and O–H groups in total. The molecular formula is C11H24N2O2. The molecule has 0 aromatic heterocycles. The molecule has 1 unspecified atom stereocenters. The molecule has 4 nitrogen and oxygen atoms in total. The summed E-state index contributed by atoms with van der Waals surface area (Å²) in [5.41, 5.74) is 5.60. The van der Waals surface area contributed by atoms with E-state index in [0.29, 0.717) is 13.2 Å². The van der Waals surface area contributed by atoms with Gasteiger partial charge in [0, 0.05) is 19.8 Å². The van der Waals surface area contributed by atoms with Crippen LogP contribution in [-0.2, 0) is 9.53 Å². The molecule has 0 saturated carbocycles. The standard InChI is InChI=1S/C11H24N2O2/c1-5-15-8-6-7-13-10(14)9(12)11(2,3)4/h9H,5-8,12H2,1-4H3,(H,13,14). The number of hydrogen-bond acceptors (Lipinski definition) is 3. The highest BCUT2D eigenvalue weighted by Gasteiger charge is 2.26. The van der Waals surface area contributed by atoms with E-state index >= 15 is 0 Å². The molecule has 15 heavy (non-hydrogen) atoms. The van der Waals surface area contributed by atoms with Gasteiger partial charge in [0.25, 0.3) is 0 Å². The van der Waals surface area contributed by atoms with Gasteiger partial charge in [0.05, 0.1) is 6.04 Å². The van der Waals surface area contributed by atoms with Crippen LogP contribution in [0.15, 0.2) is 0 Å². The molecule has 0 radical (unpaired) electrons. The Morgan fingerprint density at radius 1 is 1.47 bits per heavy atom. The van der Waals surface area contributed by atoms with E-state index in [1.807, 2.05) is 27.7 Å². The highest BCUT2D eigenvalue weighted by molar-refractivity contribution is 5.82. The average molecular weight is 216 g/mol. The number of hydrogen-bond donors (Lipinski definition) is 2. The predicted molar refractivity (Wildman–Crippen MR) is 61.6 cm³/mol. The molecular weight excluding hydrogens is 192 g/mol. The first kappa shape index (κ1) is 14.4. The van der Waals surface area contributed by atoms with Crippen LogP contribution in [0.1, 0.15) is 34.1 Å². The number of nitrogens with one attached hydrogen (secondary N) is 1. The van der Waals surface area contributed by atoms with Gasteiger partial charge in [0.1, 0.15) is 0 Å². The Labute approximate surface area is 92.6 Å². The molecule has 0 saturated heterocycles. The lowest BCUT2D eigenvalue weighted by atomic mass is 9.87. The smallest absolute Gasteiger partial charge is 0.237 e. The molecule has 0 spiro atoms. The minimum atomic E-state index is -0.454. The highest BCUT2D eigenvalue weighted by atomic mass is 16.5. The SMILES string of the molecule is CCOCCCNC(=O)C(N)C(C)(C)C. The van der Waals surface area contributed by atoms with Gasteiger partial charge >= 0.3 is 0 Å². The van der Waals surface area contributed by atoms with Gasteiger partial charge in [-0.25, -0.2) is 0 Å². The van der Waals surface area contributed by atoms with Crippen molar-refractivity contribution in [2.24, 2.45) is 11.1 Å². The monoisotopic (exact) mass is 216 g/mol. The largest absolute Gasteiger partial charge is 0.382 e. The quantitative estimate of drug-likeness (QED) is 0.648. The van der Waals surface area contributed by atoms with Crippen molar-refractivity contribution < 1.29 is 9.53 Å². The third-order valence-electron chi connectivity index (χ3n) is 2.18. The first-order chi connectivity index (χ1) is 6.89. The molecule has 0 rings (SSSR count). The van der Waals surface area contributed by atoms with E-state index in [0.717, 1.165) is 13.0 Å². The minimum absolute atomic E-state index is 0.0843. The number of rotatable bonds is 6. The Hall–Kier alpha value is -0.610. The lowest BCUT2D eigenvalue weighted by Crippen LogP contribution is -2.48. The molecule has 0 aliphatic carbocycles. The van der Waals surface area contributed by atoms with Crippen LogP contribution < -0.4 is 11.1 Å². The fraction of sp³-hybridized carbons (Fsp3) is 0.909. The van der Waals surface area contributed by atoms with E-state index in [1.54, 1.807) is 0 Å². The van der Waals surface area contributed by atoms with E-state index in [1.165, 1.54) is 0 Å². The van der Waals surface area contributed by atoms with Crippen molar-refractivity contribution in [3.05, 3.63) is 0 Å². The van der Waals surface area contributed by atoms with Gasteiger partial charge in [-0.3, -0.25) is 4.79 Å². The van der Waals surface area contributed by atoms with Gasteiger partial charge in [0.2, 0.25) is 5.91 Å². The molecule has 4 heteroatoms. The Bertz CT molecular complexity index is 188. The molecule has 90 valence electrons. The van der Waals surface area contributed by atoms with E-state index < -0.39 is 6.04 Å². The second-order valence-electron chi connectivity index (χ2n) is 4.69. The molecule has 0 bridgehead atoms. The Balaban J connectivity index is 3.66. The van der Waals surface area contributed by atoms with Crippen molar-refractivity contribution in [1.29, 1.82) is 0 Å². The van der Waals surface area contributed by atoms with Gasteiger partial charge in [-0.15, -0.1) is 0 Å². The first-order valence-corrected chi connectivity index (χ1v) is 5.50. The molecule has 0 heterocycles. The van der Waals surface area contributed by atoms with E-state index in [2.05, 4.69) is 5.32 Å². The second kappa shape index (κ2) is 6.80. The van der Waals surface area contributed by atoms with E-state index in [9.17, 15) is 4.79 Å². The summed E-state index contributed by atoms with van der Waals surface area (Å²) < 4.78 is 5.16. The molecule has 1 atom stereocenters. The maximum Gasteiger partial charge on any atom is 0.237 e. The van der Waals surface area contributed by atoms with Crippen LogP contribution in [0.2, 0.25) is 0 Å². The maximum atomic E-state index is 11.5. The van der Waals surface area contributed by atoms with Crippen molar-refractivity contribution in [3.8, 4) is 0 Å². The van der Waals surface area contributed by atoms with E-state index in [-0.39, 0.29) is 11.3 Å². The number of nitrogens with two attached hydrogens (primary N) is 1. The minimum Gasteiger partial charge on any atom is -0.382 e. The van der Waals surface area contributed by atoms with Gasteiger partial charge < -0.3 is 15.8 Å². The zero-order chi connectivity index (χ0) is 11.9. The lowest BCUT2D eigenvalue weighted by molar-refractivity contribution is -0.124. The summed E-state index contributed by atoms with van der Waals surface area (Å²) >= 11 is 0. The molecule has 0 aromatic rings. The summed E-state index contributed by atoms with van der Waals surface area (Å²) in [5, 5.41) is 2.80. The molecule has 0 fully saturated rings. The summed E-state index contributed by atoms with van der Waals surface area (Å²) in [6, 6.07) is -0.454. The van der Waals surface area contributed by atoms with Crippen LogP contribution >= 0.6 is 0 Å². The van der Waals surface area contributed by atoms with Crippen molar-refractivity contribution in [1.82, 2.24) is 5.32 Å². The molecule has 0 aromatic carbocycles. The third kappa shape index (κ3) is 6.47. The maximum absolute atomic E-state index is 11.5. The Morgan fingerprint density at radius 3 is 2.53 bits per heavy atom. The topological polar surface area (TPSA) is 64.3 Å². The highest BCUT2D eigenvalue weighted by Crippen LogP contribution is 2.16. The molecule has 1 amide bonds. The van der Waals surface area contributed by atoms with Crippen molar-refractivity contribution >= 4 is 5.91 Å². The van der Waals surface area contributed by atoms with Crippen LogP contribution in [0.4, 0.5) is 0 Å². The van der Waals surface area contributed by atoms with Gasteiger partial charge in [-0.2, -0.15) is 0 Å². The van der Waals surface area contributed by atoms with Crippen LogP contribution in [0.3, 0.4) is 0 Å². The Kier molecular flexibility index (Phi) is 6.52. The summed E-state index contributed by atoms with van der Waals surface area (Å²) in [6.07, 6.45) is 0.830. The van der Waals surface area contributed by atoms with Crippen LogP contribution in [0.5, 0.6) is 0 Å². The van der Waals surface area contributed by atoms with Crippen LogP contribution in [-0.4, -0.2) is 31.7 Å². The summed E-state index contributed by atoms with van der Waals surface area (Å²) in [7, 11) is 0. The number of ether oxygens (including phenoxy) is 1. The Morgan fingerprint density at radius 2 is 2.07 bits per heavy atom. The fourth-order valence-corrected chi connectivity index (χ4v) is 1.03. The zero-order valence-electron chi connectivity index (χ0n) is 10.3. The number of carbonyl (C=O) groups is 1. The van der Waals surface area contributed by atoms with Crippen LogP contribution in [0.25, 0.3) is 0 Å². The van der Waals surface area contributed by atoms with Crippen molar-refractivity contribution in [2.75, 3.05) is 19.8 Å². The second-order valence-corrected chi connectivity index (χ2v) is 4.69. The zero-order valence-corrected chi connectivity index (χ0v) is 10.3. The van der Waals surface area contributed by atoms with Gasteiger partial charge in [-0.1, -0.05) is 20.8 Å². The number of amides is 1. The predicted octanol–water partition coefficient (Wildman–Crippen LogP) is 0.903. The fourth-order valence-electron chi connectivity index (χ4n) is 1.03. The normalized spacial score (nSPS) is 13.7. The first-order valence-electron chi connectivity index (χ1n) is 5.50. The van der Waals surface area contributed by atoms with Crippen molar-refractivity contribution in [3.63, 3.8) is 0 Å². The lowest BCUT2D eigenvalue weighted by Gasteiger charge is -2.25. The average Bonchev–Trinajstić information content (AvgIpc) is 2.14. The summed E-state index contributed by atoms with van der Waals surface area (Å²) in [6.45, 7) is 9.85. The van der Waals surface area contributed by atoms with Crippen molar-refractivity contribution in [2.45, 2.75) is 40.2 Å². The van der Waals surface area contributed by atoms with Gasteiger partial charge in [-0.05, 0) is 18.8 Å². The summed E-state index contributed by atoms with van der Waals surface area (Å²) in [4.78, 5) is 11.5. The number of carbonyl (C=O) groups excluding carboxylic acids is 1. The van der Waals surface area contributed by atoms with E-state index in [4.69, 9.17) is 10.5 Å². The third-order valence-corrected chi connectivity index (χ3v) is 2.18. The molecule has 0 aliphatic rings. The van der Waals surface area contributed by atoms with Crippen LogP contribution in [0, 0.1) is 5.41 Å². The van der Waals surface area contributed by atoms with Gasteiger partial charge in [0.15, 0.2) is 0 Å². The molecule has 0 aliphatic heterocycles. The summed E-state index contributed by atoms with van der Waals surface area (Å²) in [5.74, 6) is -0.0843.